The smallest absolute Gasteiger partial charge is 0.384 e. The number of halogens is 6. The lowest BCUT2D eigenvalue weighted by Gasteiger charge is -2.14. The van der Waals surface area contributed by atoms with Gasteiger partial charge in [0.2, 0.25) is 0 Å². The van der Waals surface area contributed by atoms with Crippen molar-refractivity contribution in [3.05, 3.63) is 70.5 Å². The molecule has 0 amide bonds. The molecule has 21 heavy (non-hydrogen) atoms. The SMILES string of the molecule is OC(c1ccc(C(F)(F)F)cc1)c1cc(F)c(F)cc1F. The molecule has 0 aliphatic carbocycles. The zero-order valence-corrected chi connectivity index (χ0v) is 10.3. The molecule has 0 saturated heterocycles. The van der Waals surface area contributed by atoms with Crippen LogP contribution in [0.5, 0.6) is 0 Å². The van der Waals surface area contributed by atoms with Crippen LogP contribution in [-0.4, -0.2) is 5.11 Å². The van der Waals surface area contributed by atoms with E-state index >= 15 is 0 Å². The minimum atomic E-state index is -4.54. The average Bonchev–Trinajstić information content (AvgIpc) is 2.41. The van der Waals surface area contributed by atoms with Crippen molar-refractivity contribution < 1.29 is 31.4 Å². The van der Waals surface area contributed by atoms with E-state index in [1.807, 2.05) is 0 Å². The summed E-state index contributed by atoms with van der Waals surface area (Å²) in [4.78, 5) is 0. The highest BCUT2D eigenvalue weighted by Crippen LogP contribution is 2.31. The Bertz CT molecular complexity index is 648. The van der Waals surface area contributed by atoms with Gasteiger partial charge in [0, 0.05) is 11.6 Å². The molecule has 112 valence electrons. The monoisotopic (exact) mass is 306 g/mol. The molecule has 2 aromatic rings. The third kappa shape index (κ3) is 3.18. The van der Waals surface area contributed by atoms with Gasteiger partial charge in [-0.2, -0.15) is 13.2 Å². The summed E-state index contributed by atoms with van der Waals surface area (Å²) in [5, 5.41) is 9.87. The van der Waals surface area contributed by atoms with Crippen molar-refractivity contribution in [1.82, 2.24) is 0 Å². The molecule has 1 N–H and O–H groups in total. The molecule has 1 unspecified atom stereocenters. The lowest BCUT2D eigenvalue weighted by molar-refractivity contribution is -0.137. The maximum Gasteiger partial charge on any atom is 0.416 e. The molecular formula is C14H8F6O. The van der Waals surface area contributed by atoms with E-state index in [0.29, 0.717) is 18.2 Å². The maximum absolute atomic E-state index is 13.5. The van der Waals surface area contributed by atoms with E-state index in [1.165, 1.54) is 0 Å². The molecule has 7 heteroatoms. The second-order valence-electron chi connectivity index (χ2n) is 4.31. The molecule has 0 fully saturated rings. The maximum atomic E-state index is 13.5. The van der Waals surface area contributed by atoms with Gasteiger partial charge in [-0.25, -0.2) is 13.2 Å². The number of rotatable bonds is 2. The van der Waals surface area contributed by atoms with E-state index in [2.05, 4.69) is 0 Å². The first kappa shape index (κ1) is 15.4. The van der Waals surface area contributed by atoms with E-state index in [1.54, 1.807) is 0 Å². The van der Waals surface area contributed by atoms with Crippen LogP contribution in [-0.2, 0) is 6.18 Å². The van der Waals surface area contributed by atoms with Crippen LogP contribution in [0.3, 0.4) is 0 Å². The van der Waals surface area contributed by atoms with Crippen molar-refractivity contribution in [1.29, 1.82) is 0 Å². The van der Waals surface area contributed by atoms with Gasteiger partial charge in [-0.05, 0) is 23.8 Å². The summed E-state index contributed by atoms with van der Waals surface area (Å²) in [6.07, 6.45) is -6.25. The van der Waals surface area contributed by atoms with Gasteiger partial charge in [-0.15, -0.1) is 0 Å². The molecule has 0 radical (unpaired) electrons. The van der Waals surface area contributed by atoms with Crippen LogP contribution in [0.1, 0.15) is 22.8 Å². The van der Waals surface area contributed by atoms with Crippen LogP contribution >= 0.6 is 0 Å². The van der Waals surface area contributed by atoms with Gasteiger partial charge in [0.25, 0.3) is 0 Å². The minimum Gasteiger partial charge on any atom is -0.384 e. The summed E-state index contributed by atoms with van der Waals surface area (Å²) in [5.41, 5.74) is -1.58. The zero-order chi connectivity index (χ0) is 15.8. The van der Waals surface area contributed by atoms with Crippen molar-refractivity contribution in [2.45, 2.75) is 12.3 Å². The van der Waals surface area contributed by atoms with Crippen LogP contribution < -0.4 is 0 Å². The fourth-order valence-corrected chi connectivity index (χ4v) is 1.78. The van der Waals surface area contributed by atoms with E-state index in [9.17, 15) is 31.4 Å². The zero-order valence-electron chi connectivity index (χ0n) is 10.3. The quantitative estimate of drug-likeness (QED) is 0.651. The number of aliphatic hydroxyl groups is 1. The average molecular weight is 306 g/mol. The molecule has 0 aromatic heterocycles. The van der Waals surface area contributed by atoms with Crippen molar-refractivity contribution >= 4 is 0 Å². The number of alkyl halides is 3. The van der Waals surface area contributed by atoms with Crippen LogP contribution in [0.15, 0.2) is 36.4 Å². The fourth-order valence-electron chi connectivity index (χ4n) is 1.78. The van der Waals surface area contributed by atoms with Gasteiger partial charge in [-0.1, -0.05) is 12.1 Å². The van der Waals surface area contributed by atoms with Crippen molar-refractivity contribution in [3.63, 3.8) is 0 Å². The molecule has 2 aromatic carbocycles. The molecule has 0 aliphatic heterocycles. The molecule has 1 atom stereocenters. The van der Waals surface area contributed by atoms with Crippen LogP contribution in [0.2, 0.25) is 0 Å². The third-order valence-corrected chi connectivity index (χ3v) is 2.89. The highest BCUT2D eigenvalue weighted by Gasteiger charge is 2.30. The highest BCUT2D eigenvalue weighted by molar-refractivity contribution is 5.34. The van der Waals surface area contributed by atoms with Gasteiger partial charge >= 0.3 is 6.18 Å². The van der Waals surface area contributed by atoms with E-state index < -0.39 is 40.9 Å². The van der Waals surface area contributed by atoms with Crippen LogP contribution in [0.4, 0.5) is 26.3 Å². The molecule has 0 saturated carbocycles. The van der Waals surface area contributed by atoms with Crippen molar-refractivity contribution in [2.24, 2.45) is 0 Å². The second-order valence-corrected chi connectivity index (χ2v) is 4.31. The molecule has 1 nitrogen and oxygen atoms in total. The highest BCUT2D eigenvalue weighted by atomic mass is 19.4. The standard InChI is InChI=1S/C14H8F6O/c15-10-6-12(17)11(16)5-9(10)13(21)7-1-3-8(4-2-7)14(18,19)20/h1-6,13,21H. The predicted octanol–water partition coefficient (Wildman–Crippen LogP) is 4.20. The van der Waals surface area contributed by atoms with Gasteiger partial charge in [0.05, 0.1) is 5.56 Å². The Balaban J connectivity index is 2.36. The Hall–Kier alpha value is -2.02. The van der Waals surface area contributed by atoms with Gasteiger partial charge in [0.15, 0.2) is 11.6 Å². The van der Waals surface area contributed by atoms with Crippen LogP contribution in [0.25, 0.3) is 0 Å². The summed E-state index contributed by atoms with van der Waals surface area (Å²) in [6, 6.07) is 4.01. The molecule has 0 bridgehead atoms. The summed E-state index contributed by atoms with van der Waals surface area (Å²) in [6.45, 7) is 0. The largest absolute Gasteiger partial charge is 0.416 e. The first-order valence-electron chi connectivity index (χ1n) is 5.70. The molecule has 2 rings (SSSR count). The normalized spacial score (nSPS) is 13.3. The Morgan fingerprint density at radius 1 is 0.810 bits per heavy atom. The van der Waals surface area contributed by atoms with Gasteiger partial charge < -0.3 is 5.11 Å². The van der Waals surface area contributed by atoms with Gasteiger partial charge in [-0.3, -0.25) is 0 Å². The number of hydrogen-bond donors (Lipinski definition) is 1. The summed E-state index contributed by atoms with van der Waals surface area (Å²) < 4.78 is 76.5. The van der Waals surface area contributed by atoms with Crippen LogP contribution in [0, 0.1) is 17.5 Å². The molecular weight excluding hydrogens is 298 g/mol. The Morgan fingerprint density at radius 2 is 1.33 bits per heavy atom. The summed E-state index contributed by atoms with van der Waals surface area (Å²) in [5.74, 6) is -3.98. The molecule has 0 spiro atoms. The second kappa shape index (κ2) is 5.40. The van der Waals surface area contributed by atoms with Gasteiger partial charge in [0.1, 0.15) is 11.9 Å². The predicted molar refractivity (Wildman–Crippen MR) is 61.8 cm³/mol. The molecule has 0 heterocycles. The number of aliphatic hydroxyl groups excluding tert-OH is 1. The van der Waals surface area contributed by atoms with E-state index in [4.69, 9.17) is 0 Å². The fraction of sp³-hybridized carbons (Fsp3) is 0.143. The Labute approximate surface area is 115 Å². The van der Waals surface area contributed by atoms with E-state index in [0.717, 1.165) is 12.1 Å². The third-order valence-electron chi connectivity index (χ3n) is 2.89. The summed E-state index contributed by atoms with van der Waals surface area (Å²) >= 11 is 0. The molecule has 0 aliphatic rings. The topological polar surface area (TPSA) is 20.2 Å². The Kier molecular flexibility index (Phi) is 3.95. The Morgan fingerprint density at radius 3 is 1.86 bits per heavy atom. The lowest BCUT2D eigenvalue weighted by Crippen LogP contribution is -2.07. The number of hydrogen-bond acceptors (Lipinski definition) is 1. The number of benzene rings is 2. The first-order chi connectivity index (χ1) is 9.70. The minimum absolute atomic E-state index is 0.0760. The lowest BCUT2D eigenvalue weighted by atomic mass is 9.99. The first-order valence-corrected chi connectivity index (χ1v) is 5.70. The van der Waals surface area contributed by atoms with E-state index in [-0.39, 0.29) is 11.6 Å². The van der Waals surface area contributed by atoms with Crippen molar-refractivity contribution in [3.8, 4) is 0 Å². The van der Waals surface area contributed by atoms with Crippen molar-refractivity contribution in [2.75, 3.05) is 0 Å². The summed E-state index contributed by atoms with van der Waals surface area (Å²) in [7, 11) is 0.